The van der Waals surface area contributed by atoms with Crippen molar-refractivity contribution in [2.45, 2.75) is 18.0 Å². The van der Waals surface area contributed by atoms with Gasteiger partial charge in [-0.05, 0) is 19.1 Å². The minimum Gasteiger partial charge on any atom is -0.241 e. The topological polar surface area (TPSA) is 37.4 Å². The van der Waals surface area contributed by atoms with Crippen LogP contribution in [-0.4, -0.2) is 32.0 Å². The Bertz CT molecular complexity index is 522. The summed E-state index contributed by atoms with van der Waals surface area (Å²) in [4.78, 5) is 0.214. The van der Waals surface area contributed by atoms with Crippen LogP contribution >= 0.6 is 0 Å². The lowest BCUT2D eigenvalue weighted by molar-refractivity contribution is 0.303. The third-order valence-corrected chi connectivity index (χ3v) is 4.54. The number of benzene rings is 1. The first kappa shape index (κ1) is 12.3. The normalized spacial score (nSPS) is 21.6. The van der Waals surface area contributed by atoms with Gasteiger partial charge in [-0.2, -0.15) is 4.31 Å². The number of rotatable bonds is 2. The van der Waals surface area contributed by atoms with Crippen LogP contribution in [0.25, 0.3) is 0 Å². The van der Waals surface area contributed by atoms with Crippen molar-refractivity contribution in [3.63, 3.8) is 0 Å². The predicted octanol–water partition coefficient (Wildman–Crippen LogP) is 1.89. The van der Waals surface area contributed by atoms with E-state index in [-0.39, 0.29) is 18.0 Å². The van der Waals surface area contributed by atoms with Crippen molar-refractivity contribution in [1.29, 1.82) is 0 Å². The lowest BCUT2D eigenvalue weighted by atomic mass is 10.2. The SMILES string of the molecule is Cc1ccc(S(=O)(=O)N2CC=C[C@@H](F)C2)cc1. The quantitative estimate of drug-likeness (QED) is 0.757. The van der Waals surface area contributed by atoms with E-state index in [1.165, 1.54) is 6.08 Å². The highest BCUT2D eigenvalue weighted by molar-refractivity contribution is 7.89. The summed E-state index contributed by atoms with van der Waals surface area (Å²) in [6.07, 6.45) is 1.71. The van der Waals surface area contributed by atoms with Crippen molar-refractivity contribution in [2.24, 2.45) is 0 Å². The van der Waals surface area contributed by atoms with Gasteiger partial charge in [0.2, 0.25) is 10.0 Å². The average Bonchev–Trinajstić information content (AvgIpc) is 2.29. The first-order valence-electron chi connectivity index (χ1n) is 5.38. The smallest absolute Gasteiger partial charge is 0.241 e. The van der Waals surface area contributed by atoms with Crippen molar-refractivity contribution in [3.8, 4) is 0 Å². The molecule has 0 fully saturated rings. The predicted molar refractivity (Wildman–Crippen MR) is 64.0 cm³/mol. The molecular weight excluding hydrogens is 241 g/mol. The molecule has 1 atom stereocenters. The Hall–Kier alpha value is -1.20. The number of alkyl halides is 1. The molecule has 1 aliphatic heterocycles. The summed E-state index contributed by atoms with van der Waals surface area (Å²) in [7, 11) is -3.57. The summed E-state index contributed by atoms with van der Waals surface area (Å²) in [5.41, 5.74) is 0.992. The Morgan fingerprint density at radius 1 is 1.29 bits per heavy atom. The Balaban J connectivity index is 2.30. The molecule has 5 heteroatoms. The second-order valence-electron chi connectivity index (χ2n) is 4.08. The van der Waals surface area contributed by atoms with Gasteiger partial charge in [0.15, 0.2) is 0 Å². The fraction of sp³-hybridized carbons (Fsp3) is 0.333. The number of halogens is 1. The summed E-state index contributed by atoms with van der Waals surface area (Å²) in [5, 5.41) is 0. The van der Waals surface area contributed by atoms with Crippen LogP contribution < -0.4 is 0 Å². The minimum atomic E-state index is -3.57. The van der Waals surface area contributed by atoms with Crippen molar-refractivity contribution in [2.75, 3.05) is 13.1 Å². The molecule has 0 spiro atoms. The fourth-order valence-electron chi connectivity index (χ4n) is 1.71. The van der Waals surface area contributed by atoms with Gasteiger partial charge in [-0.25, -0.2) is 12.8 Å². The Morgan fingerprint density at radius 3 is 2.53 bits per heavy atom. The number of nitrogens with zero attached hydrogens (tertiary/aromatic N) is 1. The molecule has 3 nitrogen and oxygen atoms in total. The van der Waals surface area contributed by atoms with E-state index in [1.807, 2.05) is 6.92 Å². The van der Waals surface area contributed by atoms with Gasteiger partial charge in [0.25, 0.3) is 0 Å². The van der Waals surface area contributed by atoms with Crippen LogP contribution in [0.4, 0.5) is 4.39 Å². The molecule has 0 unspecified atom stereocenters. The maximum absolute atomic E-state index is 13.2. The Labute approximate surface area is 101 Å². The first-order chi connectivity index (χ1) is 8.00. The van der Waals surface area contributed by atoms with Crippen LogP contribution in [-0.2, 0) is 10.0 Å². The molecule has 1 heterocycles. The van der Waals surface area contributed by atoms with E-state index >= 15 is 0 Å². The minimum absolute atomic E-state index is 0.104. The van der Waals surface area contributed by atoms with Gasteiger partial charge < -0.3 is 0 Å². The van der Waals surface area contributed by atoms with Gasteiger partial charge in [-0.3, -0.25) is 0 Å². The zero-order valence-corrected chi connectivity index (χ0v) is 10.3. The Kier molecular flexibility index (Phi) is 3.31. The van der Waals surface area contributed by atoms with Crippen molar-refractivity contribution in [1.82, 2.24) is 4.31 Å². The molecule has 0 saturated carbocycles. The van der Waals surface area contributed by atoms with Gasteiger partial charge in [0.05, 0.1) is 4.90 Å². The lowest BCUT2D eigenvalue weighted by Gasteiger charge is -2.24. The molecule has 0 N–H and O–H groups in total. The highest BCUT2D eigenvalue weighted by Gasteiger charge is 2.27. The van der Waals surface area contributed by atoms with E-state index in [1.54, 1.807) is 30.3 Å². The molecule has 1 aromatic carbocycles. The molecule has 0 radical (unpaired) electrons. The summed E-state index contributed by atoms with van der Waals surface area (Å²) < 4.78 is 38.6. The Morgan fingerprint density at radius 2 is 1.94 bits per heavy atom. The molecule has 0 amide bonds. The largest absolute Gasteiger partial charge is 0.243 e. The summed E-state index contributed by atoms with van der Waals surface area (Å²) in [6, 6.07) is 6.58. The van der Waals surface area contributed by atoms with E-state index in [0.717, 1.165) is 9.87 Å². The van der Waals surface area contributed by atoms with Crippen molar-refractivity contribution in [3.05, 3.63) is 42.0 Å². The van der Waals surface area contributed by atoms with Crippen LogP contribution in [0.3, 0.4) is 0 Å². The molecule has 92 valence electrons. The van der Waals surface area contributed by atoms with Crippen molar-refractivity contribution >= 4 is 10.0 Å². The van der Waals surface area contributed by atoms with E-state index in [0.29, 0.717) is 0 Å². The molecule has 0 aromatic heterocycles. The maximum Gasteiger partial charge on any atom is 0.243 e. The highest BCUT2D eigenvalue weighted by atomic mass is 32.2. The van der Waals surface area contributed by atoms with Crippen LogP contribution in [0.2, 0.25) is 0 Å². The molecule has 0 saturated heterocycles. The lowest BCUT2D eigenvalue weighted by Crippen LogP contribution is -2.38. The zero-order chi connectivity index (χ0) is 12.5. The van der Waals surface area contributed by atoms with Gasteiger partial charge in [-0.1, -0.05) is 29.8 Å². The number of hydrogen-bond acceptors (Lipinski definition) is 2. The van der Waals surface area contributed by atoms with Gasteiger partial charge in [-0.15, -0.1) is 0 Å². The van der Waals surface area contributed by atoms with Gasteiger partial charge in [0.1, 0.15) is 6.17 Å². The fourth-order valence-corrected chi connectivity index (χ4v) is 3.11. The summed E-state index contributed by atoms with van der Waals surface area (Å²) in [5.74, 6) is 0. The van der Waals surface area contributed by atoms with E-state index in [9.17, 15) is 12.8 Å². The summed E-state index contributed by atoms with van der Waals surface area (Å²) >= 11 is 0. The van der Waals surface area contributed by atoms with E-state index < -0.39 is 16.2 Å². The average molecular weight is 255 g/mol. The number of aryl methyl sites for hydroxylation is 1. The molecule has 1 aliphatic rings. The van der Waals surface area contributed by atoms with E-state index in [2.05, 4.69) is 0 Å². The molecule has 1 aromatic rings. The van der Waals surface area contributed by atoms with Crippen molar-refractivity contribution < 1.29 is 12.8 Å². The second kappa shape index (κ2) is 4.58. The third kappa shape index (κ3) is 2.56. The summed E-state index contributed by atoms with van der Waals surface area (Å²) in [6.45, 7) is 2.01. The van der Waals surface area contributed by atoms with Gasteiger partial charge >= 0.3 is 0 Å². The zero-order valence-electron chi connectivity index (χ0n) is 9.51. The highest BCUT2D eigenvalue weighted by Crippen LogP contribution is 2.19. The number of sulfonamides is 1. The van der Waals surface area contributed by atoms with Crippen LogP contribution in [0, 0.1) is 6.92 Å². The first-order valence-corrected chi connectivity index (χ1v) is 6.82. The van der Waals surface area contributed by atoms with Crippen LogP contribution in [0.1, 0.15) is 5.56 Å². The molecule has 0 bridgehead atoms. The number of hydrogen-bond donors (Lipinski definition) is 0. The molecular formula is C12H14FNO2S. The maximum atomic E-state index is 13.2. The monoisotopic (exact) mass is 255 g/mol. The van der Waals surface area contributed by atoms with E-state index in [4.69, 9.17) is 0 Å². The molecule has 0 aliphatic carbocycles. The molecule has 2 rings (SSSR count). The van der Waals surface area contributed by atoms with Crippen LogP contribution in [0.15, 0.2) is 41.3 Å². The third-order valence-electron chi connectivity index (χ3n) is 2.69. The van der Waals surface area contributed by atoms with Crippen LogP contribution in [0.5, 0.6) is 0 Å². The van der Waals surface area contributed by atoms with Gasteiger partial charge in [0, 0.05) is 13.1 Å². The standard InChI is InChI=1S/C12H14FNO2S/c1-10-4-6-12(7-5-10)17(15,16)14-8-2-3-11(13)9-14/h2-7,11H,8-9H2,1H3/t11-/m1/s1. The molecule has 17 heavy (non-hydrogen) atoms. The second-order valence-corrected chi connectivity index (χ2v) is 6.02.